The van der Waals surface area contributed by atoms with Crippen LogP contribution in [0.2, 0.25) is 0 Å². The second-order valence-corrected chi connectivity index (χ2v) is 5.34. The van der Waals surface area contributed by atoms with E-state index >= 15 is 0 Å². The molecule has 1 aliphatic heterocycles. The van der Waals surface area contributed by atoms with Gasteiger partial charge in [0, 0.05) is 24.5 Å². The zero-order valence-corrected chi connectivity index (χ0v) is 11.9. The SMILES string of the molecule is CC1Cc2ccccc2N1Cc1ccnc(C(N)=NO)c1. The zero-order valence-electron chi connectivity index (χ0n) is 11.9. The molecular formula is C16H18N4O. The van der Waals surface area contributed by atoms with Gasteiger partial charge >= 0.3 is 0 Å². The van der Waals surface area contributed by atoms with Crippen molar-refractivity contribution in [3.05, 3.63) is 59.4 Å². The fourth-order valence-electron chi connectivity index (χ4n) is 2.83. The third-order valence-corrected chi connectivity index (χ3v) is 3.90. The van der Waals surface area contributed by atoms with Gasteiger partial charge in [-0.05, 0) is 42.7 Å². The molecular weight excluding hydrogens is 264 g/mol. The summed E-state index contributed by atoms with van der Waals surface area (Å²) in [4.78, 5) is 6.49. The van der Waals surface area contributed by atoms with Crippen molar-refractivity contribution >= 4 is 11.5 Å². The van der Waals surface area contributed by atoms with E-state index in [9.17, 15) is 0 Å². The Kier molecular flexibility index (Phi) is 3.48. The van der Waals surface area contributed by atoms with Crippen LogP contribution in [0.5, 0.6) is 0 Å². The maximum atomic E-state index is 8.75. The van der Waals surface area contributed by atoms with Crippen LogP contribution in [0.25, 0.3) is 0 Å². The molecule has 1 aromatic carbocycles. The van der Waals surface area contributed by atoms with Crippen LogP contribution in [0.3, 0.4) is 0 Å². The highest BCUT2D eigenvalue weighted by Gasteiger charge is 2.25. The fraction of sp³-hybridized carbons (Fsp3) is 0.250. The average molecular weight is 282 g/mol. The summed E-state index contributed by atoms with van der Waals surface area (Å²) in [7, 11) is 0. The summed E-state index contributed by atoms with van der Waals surface area (Å²) >= 11 is 0. The van der Waals surface area contributed by atoms with Crippen LogP contribution < -0.4 is 10.6 Å². The van der Waals surface area contributed by atoms with E-state index in [4.69, 9.17) is 10.9 Å². The van der Waals surface area contributed by atoms with Crippen molar-refractivity contribution in [3.8, 4) is 0 Å². The molecule has 2 heterocycles. The van der Waals surface area contributed by atoms with Crippen LogP contribution in [-0.2, 0) is 13.0 Å². The van der Waals surface area contributed by atoms with Crippen molar-refractivity contribution in [3.63, 3.8) is 0 Å². The Morgan fingerprint density at radius 1 is 1.43 bits per heavy atom. The molecule has 0 amide bonds. The molecule has 108 valence electrons. The molecule has 1 atom stereocenters. The van der Waals surface area contributed by atoms with Crippen molar-refractivity contribution in [1.29, 1.82) is 0 Å². The van der Waals surface area contributed by atoms with Gasteiger partial charge in [0.15, 0.2) is 5.84 Å². The summed E-state index contributed by atoms with van der Waals surface area (Å²) < 4.78 is 0. The van der Waals surface area contributed by atoms with Crippen LogP contribution in [0.1, 0.15) is 23.7 Å². The normalized spacial score (nSPS) is 17.9. The molecule has 2 aromatic rings. The topological polar surface area (TPSA) is 74.7 Å². The van der Waals surface area contributed by atoms with E-state index in [0.29, 0.717) is 11.7 Å². The standard InChI is InChI=1S/C16H18N4O/c1-11-8-13-4-2-3-5-15(13)20(11)10-12-6-7-18-14(9-12)16(17)19-21/h2-7,9,11,21H,8,10H2,1H3,(H2,17,19). The molecule has 1 unspecified atom stereocenters. The highest BCUT2D eigenvalue weighted by molar-refractivity contribution is 5.95. The Labute approximate surface area is 123 Å². The third-order valence-electron chi connectivity index (χ3n) is 3.90. The van der Waals surface area contributed by atoms with Gasteiger partial charge in [-0.3, -0.25) is 4.98 Å². The quantitative estimate of drug-likeness (QED) is 0.391. The van der Waals surface area contributed by atoms with Crippen LogP contribution in [0.4, 0.5) is 5.69 Å². The highest BCUT2D eigenvalue weighted by atomic mass is 16.4. The number of hydrogen-bond acceptors (Lipinski definition) is 4. The molecule has 0 radical (unpaired) electrons. The molecule has 0 spiro atoms. The predicted octanol–water partition coefficient (Wildman–Crippen LogP) is 2.13. The first-order chi connectivity index (χ1) is 10.2. The Bertz CT molecular complexity index is 683. The lowest BCUT2D eigenvalue weighted by atomic mass is 10.1. The van der Waals surface area contributed by atoms with E-state index in [0.717, 1.165) is 18.5 Å². The monoisotopic (exact) mass is 282 g/mol. The molecule has 21 heavy (non-hydrogen) atoms. The summed E-state index contributed by atoms with van der Waals surface area (Å²) in [5.41, 5.74) is 9.86. The van der Waals surface area contributed by atoms with Gasteiger partial charge in [0.25, 0.3) is 0 Å². The Balaban J connectivity index is 1.87. The van der Waals surface area contributed by atoms with Crippen LogP contribution in [0, 0.1) is 0 Å². The van der Waals surface area contributed by atoms with Crippen molar-refractivity contribution in [2.75, 3.05) is 4.90 Å². The first-order valence-corrected chi connectivity index (χ1v) is 6.96. The van der Waals surface area contributed by atoms with Crippen molar-refractivity contribution in [2.45, 2.75) is 25.9 Å². The van der Waals surface area contributed by atoms with E-state index < -0.39 is 0 Å². The van der Waals surface area contributed by atoms with Crippen LogP contribution >= 0.6 is 0 Å². The molecule has 5 nitrogen and oxygen atoms in total. The molecule has 1 aliphatic rings. The van der Waals surface area contributed by atoms with Crippen molar-refractivity contribution in [2.24, 2.45) is 10.9 Å². The summed E-state index contributed by atoms with van der Waals surface area (Å²) in [6.45, 7) is 3.01. The van der Waals surface area contributed by atoms with Gasteiger partial charge in [-0.1, -0.05) is 23.4 Å². The summed E-state index contributed by atoms with van der Waals surface area (Å²) in [6, 6.07) is 12.8. The van der Waals surface area contributed by atoms with E-state index in [2.05, 4.69) is 46.2 Å². The van der Waals surface area contributed by atoms with Crippen molar-refractivity contribution in [1.82, 2.24) is 4.98 Å². The number of fused-ring (bicyclic) bond motifs is 1. The van der Waals surface area contributed by atoms with Gasteiger partial charge in [-0.15, -0.1) is 0 Å². The number of amidine groups is 1. The molecule has 5 heteroatoms. The number of oxime groups is 1. The summed E-state index contributed by atoms with van der Waals surface area (Å²) in [5, 5.41) is 11.7. The number of benzene rings is 1. The van der Waals surface area contributed by atoms with Crippen LogP contribution in [0.15, 0.2) is 47.8 Å². The Morgan fingerprint density at radius 3 is 3.05 bits per heavy atom. The number of anilines is 1. The Hall–Kier alpha value is -2.56. The number of nitrogens with two attached hydrogens (primary N) is 1. The lowest BCUT2D eigenvalue weighted by Crippen LogP contribution is -2.28. The summed E-state index contributed by atoms with van der Waals surface area (Å²) in [5.74, 6) is 0.0340. The molecule has 0 fully saturated rings. The lowest BCUT2D eigenvalue weighted by molar-refractivity contribution is 0.318. The minimum Gasteiger partial charge on any atom is -0.409 e. The largest absolute Gasteiger partial charge is 0.409 e. The van der Waals surface area contributed by atoms with Crippen molar-refractivity contribution < 1.29 is 5.21 Å². The van der Waals surface area contributed by atoms with Gasteiger partial charge in [-0.25, -0.2) is 0 Å². The second-order valence-electron chi connectivity index (χ2n) is 5.34. The molecule has 3 N–H and O–H groups in total. The summed E-state index contributed by atoms with van der Waals surface area (Å²) in [6.07, 6.45) is 2.75. The molecule has 0 aliphatic carbocycles. The molecule has 0 bridgehead atoms. The smallest absolute Gasteiger partial charge is 0.188 e. The van der Waals surface area contributed by atoms with E-state index in [1.807, 2.05) is 12.1 Å². The number of rotatable bonds is 3. The molecule has 1 aromatic heterocycles. The predicted molar refractivity (Wildman–Crippen MR) is 82.5 cm³/mol. The zero-order chi connectivity index (χ0) is 14.8. The van der Waals surface area contributed by atoms with Gasteiger partial charge in [-0.2, -0.15) is 0 Å². The first kappa shape index (κ1) is 13.4. The van der Waals surface area contributed by atoms with Crippen LogP contribution in [-0.4, -0.2) is 22.1 Å². The first-order valence-electron chi connectivity index (χ1n) is 6.96. The molecule has 3 rings (SSSR count). The number of hydrogen-bond donors (Lipinski definition) is 2. The minimum absolute atomic E-state index is 0.0340. The third kappa shape index (κ3) is 2.54. The van der Waals surface area contributed by atoms with E-state index in [1.165, 1.54) is 11.3 Å². The number of para-hydroxylation sites is 1. The van der Waals surface area contributed by atoms with Gasteiger partial charge in [0.05, 0.1) is 0 Å². The fourth-order valence-corrected chi connectivity index (χ4v) is 2.83. The number of nitrogens with zero attached hydrogens (tertiary/aromatic N) is 3. The number of aromatic nitrogens is 1. The van der Waals surface area contributed by atoms with Gasteiger partial charge in [0.2, 0.25) is 0 Å². The lowest BCUT2D eigenvalue weighted by Gasteiger charge is -2.25. The maximum absolute atomic E-state index is 8.75. The van der Waals surface area contributed by atoms with E-state index in [1.54, 1.807) is 6.20 Å². The maximum Gasteiger partial charge on any atom is 0.188 e. The highest BCUT2D eigenvalue weighted by Crippen LogP contribution is 2.32. The average Bonchev–Trinajstić information content (AvgIpc) is 2.83. The number of pyridine rings is 1. The minimum atomic E-state index is 0.0340. The molecule has 0 saturated heterocycles. The van der Waals surface area contributed by atoms with E-state index in [-0.39, 0.29) is 5.84 Å². The molecule has 0 saturated carbocycles. The van der Waals surface area contributed by atoms with Gasteiger partial charge < -0.3 is 15.8 Å². The van der Waals surface area contributed by atoms with Gasteiger partial charge in [0.1, 0.15) is 5.69 Å². The Morgan fingerprint density at radius 2 is 2.24 bits per heavy atom. The second kappa shape index (κ2) is 5.44.